The zero-order valence-corrected chi connectivity index (χ0v) is 22.4. The summed E-state index contributed by atoms with van der Waals surface area (Å²) in [5, 5.41) is 0.0549. The number of fused-ring (bicyclic) bond motifs is 2. The first-order valence-corrected chi connectivity index (χ1v) is 14.0. The van der Waals surface area contributed by atoms with Crippen molar-refractivity contribution in [2.75, 3.05) is 45.6 Å². The molecule has 1 saturated heterocycles. The van der Waals surface area contributed by atoms with E-state index in [-0.39, 0.29) is 17.1 Å². The predicted molar refractivity (Wildman–Crippen MR) is 151 cm³/mol. The van der Waals surface area contributed by atoms with Gasteiger partial charge in [-0.3, -0.25) is 9.69 Å². The molecule has 0 N–H and O–H groups in total. The van der Waals surface area contributed by atoms with Crippen LogP contribution in [0.3, 0.4) is 0 Å². The molecule has 0 aliphatic carbocycles. The molecular weight excluding hydrogens is 496 g/mol. The van der Waals surface area contributed by atoms with Crippen LogP contribution >= 0.6 is 11.8 Å². The van der Waals surface area contributed by atoms with Crippen molar-refractivity contribution >= 4 is 29.7 Å². The molecule has 0 saturated carbocycles. The number of esters is 1. The third-order valence-electron chi connectivity index (χ3n) is 7.03. The number of rotatable bonds is 7. The Balaban J connectivity index is 1.20. The first-order valence-electron chi connectivity index (χ1n) is 12.9. The van der Waals surface area contributed by atoms with Crippen molar-refractivity contribution in [2.24, 2.45) is 0 Å². The summed E-state index contributed by atoms with van der Waals surface area (Å²) in [4.78, 5) is 29.2. The summed E-state index contributed by atoms with van der Waals surface area (Å²) >= 11 is 1.87. The Labute approximate surface area is 228 Å². The number of ether oxygens (including phenoxy) is 2. The predicted octanol–water partition coefficient (Wildman–Crippen LogP) is 5.05. The van der Waals surface area contributed by atoms with Crippen LogP contribution in [0.15, 0.2) is 78.9 Å². The summed E-state index contributed by atoms with van der Waals surface area (Å²) in [6.07, 6.45) is 3.55. The number of hydrogen-bond acceptors (Lipinski definition) is 6. The largest absolute Gasteiger partial charge is 0.489 e. The van der Waals surface area contributed by atoms with Gasteiger partial charge in [0, 0.05) is 50.1 Å². The van der Waals surface area contributed by atoms with E-state index in [2.05, 4.69) is 23.1 Å². The number of amides is 1. The maximum atomic E-state index is 12.6. The highest BCUT2D eigenvalue weighted by Crippen LogP contribution is 2.44. The topological polar surface area (TPSA) is 59.1 Å². The Morgan fingerprint density at radius 3 is 2.53 bits per heavy atom. The van der Waals surface area contributed by atoms with E-state index in [9.17, 15) is 9.59 Å². The van der Waals surface area contributed by atoms with Crippen molar-refractivity contribution < 1.29 is 19.1 Å². The van der Waals surface area contributed by atoms with E-state index in [1.165, 1.54) is 12.7 Å². The highest BCUT2D eigenvalue weighted by Gasteiger charge is 2.27. The van der Waals surface area contributed by atoms with Crippen molar-refractivity contribution in [2.45, 2.75) is 11.9 Å². The minimum absolute atomic E-state index is 0.0549. The Hall–Kier alpha value is -3.55. The highest BCUT2D eigenvalue weighted by molar-refractivity contribution is 7.99. The highest BCUT2D eigenvalue weighted by atomic mass is 32.2. The van der Waals surface area contributed by atoms with Gasteiger partial charge in [0.2, 0.25) is 5.91 Å². The van der Waals surface area contributed by atoms with Crippen LogP contribution in [-0.4, -0.2) is 67.3 Å². The Kier molecular flexibility index (Phi) is 8.46. The molecule has 7 heteroatoms. The molecule has 1 fully saturated rings. The first kappa shape index (κ1) is 26.1. The number of piperazine rings is 1. The van der Waals surface area contributed by atoms with Crippen molar-refractivity contribution in [3.8, 4) is 5.75 Å². The van der Waals surface area contributed by atoms with Gasteiger partial charge in [-0.1, -0.05) is 54.6 Å². The van der Waals surface area contributed by atoms with Gasteiger partial charge in [-0.2, -0.15) is 0 Å². The summed E-state index contributed by atoms with van der Waals surface area (Å²) < 4.78 is 11.1. The summed E-state index contributed by atoms with van der Waals surface area (Å²) in [7, 11) is 1.40. The Morgan fingerprint density at radius 1 is 0.974 bits per heavy atom. The van der Waals surface area contributed by atoms with Crippen LogP contribution < -0.4 is 4.74 Å². The van der Waals surface area contributed by atoms with Crippen LogP contribution in [0.5, 0.6) is 5.75 Å². The second-order valence-electron chi connectivity index (χ2n) is 9.39. The number of thioether (sulfide) groups is 1. The molecule has 2 heterocycles. The molecule has 0 radical (unpaired) electrons. The van der Waals surface area contributed by atoms with E-state index in [0.29, 0.717) is 12.2 Å². The summed E-state index contributed by atoms with van der Waals surface area (Å²) in [5.41, 5.74) is 4.95. The van der Waals surface area contributed by atoms with Gasteiger partial charge in [-0.05, 0) is 41.0 Å². The van der Waals surface area contributed by atoms with E-state index < -0.39 is 0 Å². The maximum absolute atomic E-state index is 12.6. The molecular formula is C31H32N2O4S. The number of benzene rings is 3. The van der Waals surface area contributed by atoms with E-state index in [1.54, 1.807) is 12.1 Å². The standard InChI is InChI=1S/C31H32N2O4S/c1-36-31(35)24-12-13-28-27(21-24)30(26-10-6-5-9-25(26)22-37-28)38-20-19-32-15-17-33(18-16-32)29(34)14-11-23-7-3-2-4-8-23/h2-14,21,30H,15-20,22H2,1H3. The number of carbonyl (C=O) groups is 2. The smallest absolute Gasteiger partial charge is 0.337 e. The van der Waals surface area contributed by atoms with E-state index in [1.807, 2.05) is 71.3 Å². The molecule has 0 spiro atoms. The molecule has 0 bridgehead atoms. The molecule has 1 unspecified atom stereocenters. The first-order chi connectivity index (χ1) is 18.6. The number of nitrogens with zero attached hydrogens (tertiary/aromatic N) is 2. The molecule has 3 aromatic carbocycles. The lowest BCUT2D eigenvalue weighted by Crippen LogP contribution is -2.48. The quantitative estimate of drug-likeness (QED) is 0.316. The zero-order valence-electron chi connectivity index (χ0n) is 21.5. The molecule has 5 rings (SSSR count). The van der Waals surface area contributed by atoms with Crippen LogP contribution in [0.2, 0.25) is 0 Å². The summed E-state index contributed by atoms with van der Waals surface area (Å²) in [5.74, 6) is 1.45. The fraction of sp³-hybridized carbons (Fsp3) is 0.290. The number of hydrogen-bond donors (Lipinski definition) is 0. The van der Waals surface area contributed by atoms with Crippen LogP contribution in [0, 0.1) is 0 Å². The van der Waals surface area contributed by atoms with Crippen LogP contribution in [0.25, 0.3) is 6.08 Å². The molecule has 1 amide bonds. The molecule has 196 valence electrons. The van der Waals surface area contributed by atoms with Gasteiger partial charge in [0.25, 0.3) is 0 Å². The van der Waals surface area contributed by atoms with Gasteiger partial charge in [-0.15, -0.1) is 11.8 Å². The second kappa shape index (κ2) is 12.3. The Morgan fingerprint density at radius 2 is 1.74 bits per heavy atom. The van der Waals surface area contributed by atoms with Crippen molar-refractivity contribution in [1.29, 1.82) is 0 Å². The number of carbonyl (C=O) groups excluding carboxylic acids is 2. The molecule has 2 aliphatic rings. The van der Waals surface area contributed by atoms with Gasteiger partial charge < -0.3 is 14.4 Å². The molecule has 3 aromatic rings. The van der Waals surface area contributed by atoms with Crippen molar-refractivity contribution in [1.82, 2.24) is 9.80 Å². The summed E-state index contributed by atoms with van der Waals surface area (Å²) in [6.45, 7) is 4.62. The molecule has 38 heavy (non-hydrogen) atoms. The van der Waals surface area contributed by atoms with Crippen LogP contribution in [0.1, 0.15) is 37.9 Å². The lowest BCUT2D eigenvalue weighted by molar-refractivity contribution is -0.127. The van der Waals surface area contributed by atoms with Crippen LogP contribution in [0.4, 0.5) is 0 Å². The lowest BCUT2D eigenvalue weighted by Gasteiger charge is -2.34. The zero-order chi connectivity index (χ0) is 26.3. The minimum atomic E-state index is -0.347. The van der Waals surface area contributed by atoms with Gasteiger partial charge in [0.15, 0.2) is 0 Å². The van der Waals surface area contributed by atoms with E-state index >= 15 is 0 Å². The van der Waals surface area contributed by atoms with Gasteiger partial charge in [0.05, 0.1) is 17.9 Å². The molecule has 2 aliphatic heterocycles. The second-order valence-corrected chi connectivity index (χ2v) is 10.6. The third kappa shape index (κ3) is 6.11. The lowest BCUT2D eigenvalue weighted by atomic mass is 9.98. The average molecular weight is 529 g/mol. The minimum Gasteiger partial charge on any atom is -0.489 e. The van der Waals surface area contributed by atoms with Crippen molar-refractivity contribution in [3.05, 3.63) is 107 Å². The van der Waals surface area contributed by atoms with Gasteiger partial charge in [-0.25, -0.2) is 4.79 Å². The van der Waals surface area contributed by atoms with Gasteiger partial charge >= 0.3 is 5.97 Å². The molecule has 0 aromatic heterocycles. The van der Waals surface area contributed by atoms with E-state index in [4.69, 9.17) is 9.47 Å². The van der Waals surface area contributed by atoms with Crippen LogP contribution in [-0.2, 0) is 16.1 Å². The fourth-order valence-corrected chi connectivity index (χ4v) is 6.25. The van der Waals surface area contributed by atoms with Gasteiger partial charge in [0.1, 0.15) is 12.4 Å². The molecule has 6 nitrogen and oxygen atoms in total. The average Bonchev–Trinajstić information content (AvgIpc) is 3.13. The fourth-order valence-electron chi connectivity index (χ4n) is 4.88. The SMILES string of the molecule is COC(=O)c1ccc2c(c1)C(SCCN1CCN(C(=O)C=Cc3ccccc3)CC1)c1ccccc1CO2. The monoisotopic (exact) mass is 528 g/mol. The summed E-state index contributed by atoms with van der Waals surface area (Å²) in [6, 6.07) is 23.8. The van der Waals surface area contributed by atoms with Crippen molar-refractivity contribution in [3.63, 3.8) is 0 Å². The molecule has 1 atom stereocenters. The Bertz CT molecular complexity index is 1300. The normalized spacial score (nSPS) is 17.3. The number of methoxy groups -OCH3 is 1. The third-order valence-corrected chi connectivity index (χ3v) is 8.29. The maximum Gasteiger partial charge on any atom is 0.337 e. The van der Waals surface area contributed by atoms with E-state index in [0.717, 1.165) is 60.9 Å².